The van der Waals surface area contributed by atoms with Gasteiger partial charge in [0, 0.05) is 30.5 Å². The highest BCUT2D eigenvalue weighted by Crippen LogP contribution is 2.35. The molecule has 2 atom stereocenters. The van der Waals surface area contributed by atoms with Gasteiger partial charge in [-0.25, -0.2) is 9.97 Å². The molecule has 11 nitrogen and oxygen atoms in total. The minimum atomic E-state index is -0.253. The fourth-order valence-corrected chi connectivity index (χ4v) is 4.98. The van der Waals surface area contributed by atoms with Crippen LogP contribution in [0.3, 0.4) is 0 Å². The number of anilines is 1. The van der Waals surface area contributed by atoms with Crippen LogP contribution >= 0.6 is 0 Å². The van der Waals surface area contributed by atoms with E-state index in [0.29, 0.717) is 54.6 Å². The number of hydrogen-bond donors (Lipinski definition) is 0. The Balaban J connectivity index is 1.07. The molecule has 1 fully saturated rings. The van der Waals surface area contributed by atoms with E-state index in [4.69, 9.17) is 23.5 Å². The van der Waals surface area contributed by atoms with Crippen molar-refractivity contribution < 1.29 is 28.3 Å². The summed E-state index contributed by atoms with van der Waals surface area (Å²) < 4.78 is 27.4. The van der Waals surface area contributed by atoms with E-state index in [0.717, 1.165) is 23.2 Å². The molecule has 4 aromatic rings. The second-order valence-electron chi connectivity index (χ2n) is 9.74. The molecule has 206 valence electrons. The van der Waals surface area contributed by atoms with Crippen molar-refractivity contribution in [1.29, 1.82) is 0 Å². The first-order chi connectivity index (χ1) is 19.6. The standard InChI is InChI=1S/C29H29N5O6/c1-3-36-28(35)23-15-34(29-30-11-10-18(2)31-29)14-21(23)12-19-4-7-22(8-5-19)37-16-26-32-27(40-33-26)20-6-9-24-25(13-20)39-17-38-24/h4-11,13,21,23H,3,12,14-17H2,1-2H3/t21-,23+/m1/s1. The van der Waals surface area contributed by atoms with Gasteiger partial charge >= 0.3 is 5.97 Å². The Hall–Kier alpha value is -4.67. The third-order valence-corrected chi connectivity index (χ3v) is 6.97. The normalized spacial score (nSPS) is 17.7. The second kappa shape index (κ2) is 11.2. The second-order valence-corrected chi connectivity index (χ2v) is 9.74. The Bertz CT molecular complexity index is 1490. The van der Waals surface area contributed by atoms with Crippen LogP contribution in [0.2, 0.25) is 0 Å². The molecule has 2 aromatic carbocycles. The molecule has 0 bridgehead atoms. The lowest BCUT2D eigenvalue weighted by molar-refractivity contribution is -0.148. The molecule has 0 amide bonds. The molecule has 0 unspecified atom stereocenters. The summed E-state index contributed by atoms with van der Waals surface area (Å²) in [6.07, 6.45) is 2.46. The third kappa shape index (κ3) is 5.54. The number of ether oxygens (including phenoxy) is 4. The van der Waals surface area contributed by atoms with Crippen molar-refractivity contribution in [3.63, 3.8) is 0 Å². The van der Waals surface area contributed by atoms with Crippen LogP contribution in [0.5, 0.6) is 17.2 Å². The molecular formula is C29H29N5O6. The molecule has 0 saturated carbocycles. The highest BCUT2D eigenvalue weighted by atomic mass is 16.7. The number of nitrogens with zero attached hydrogens (tertiary/aromatic N) is 5. The van der Waals surface area contributed by atoms with E-state index in [9.17, 15) is 4.79 Å². The minimum absolute atomic E-state index is 0.0730. The summed E-state index contributed by atoms with van der Waals surface area (Å²) in [5.41, 5.74) is 2.73. The number of aromatic nitrogens is 4. The molecule has 2 aliphatic rings. The van der Waals surface area contributed by atoms with E-state index >= 15 is 0 Å². The van der Waals surface area contributed by atoms with Crippen molar-refractivity contribution in [1.82, 2.24) is 20.1 Å². The van der Waals surface area contributed by atoms with E-state index in [1.54, 1.807) is 6.20 Å². The first-order valence-corrected chi connectivity index (χ1v) is 13.2. The zero-order valence-electron chi connectivity index (χ0n) is 22.3. The molecular weight excluding hydrogens is 514 g/mol. The van der Waals surface area contributed by atoms with Crippen LogP contribution in [-0.4, -0.2) is 52.6 Å². The number of carbonyl (C=O) groups is 1. The van der Waals surface area contributed by atoms with Crippen LogP contribution in [0.4, 0.5) is 5.95 Å². The molecule has 0 spiro atoms. The molecule has 40 heavy (non-hydrogen) atoms. The molecule has 0 radical (unpaired) electrons. The number of benzene rings is 2. The first-order valence-electron chi connectivity index (χ1n) is 13.2. The maximum absolute atomic E-state index is 12.8. The molecule has 2 aliphatic heterocycles. The van der Waals surface area contributed by atoms with Crippen LogP contribution < -0.4 is 19.1 Å². The molecule has 2 aromatic heterocycles. The Morgan fingerprint density at radius 2 is 1.90 bits per heavy atom. The average Bonchev–Trinajstić information content (AvgIpc) is 3.72. The van der Waals surface area contributed by atoms with Crippen molar-refractivity contribution in [2.45, 2.75) is 26.9 Å². The number of aryl methyl sites for hydroxylation is 1. The smallest absolute Gasteiger partial charge is 0.311 e. The van der Waals surface area contributed by atoms with E-state index in [1.807, 2.05) is 62.4 Å². The Labute approximate surface area is 231 Å². The Morgan fingerprint density at radius 1 is 1.05 bits per heavy atom. The number of rotatable bonds is 9. The van der Waals surface area contributed by atoms with Gasteiger partial charge in [0.25, 0.3) is 5.89 Å². The fraction of sp³-hybridized carbons (Fsp3) is 0.345. The summed E-state index contributed by atoms with van der Waals surface area (Å²) in [4.78, 5) is 28.2. The van der Waals surface area contributed by atoms with Gasteiger partial charge in [-0.3, -0.25) is 4.79 Å². The molecule has 0 N–H and O–H groups in total. The number of fused-ring (bicyclic) bond motifs is 1. The predicted octanol–water partition coefficient (Wildman–Crippen LogP) is 4.00. The first kappa shape index (κ1) is 25.6. The number of esters is 1. The Kier molecular flexibility index (Phi) is 7.17. The van der Waals surface area contributed by atoms with Gasteiger partial charge in [-0.2, -0.15) is 4.98 Å². The SMILES string of the molecule is CCOC(=O)[C@H]1CN(c2nccc(C)n2)C[C@H]1Cc1ccc(OCc2noc(-c3ccc4c(c3)OCO4)n2)cc1. The summed E-state index contributed by atoms with van der Waals surface area (Å²) in [5, 5.41) is 4.02. The summed E-state index contributed by atoms with van der Waals surface area (Å²) >= 11 is 0. The van der Waals surface area contributed by atoms with Gasteiger partial charge in [-0.1, -0.05) is 17.3 Å². The molecule has 0 aliphatic carbocycles. The Morgan fingerprint density at radius 3 is 2.73 bits per heavy atom. The van der Waals surface area contributed by atoms with Crippen LogP contribution in [0.15, 0.2) is 59.3 Å². The lowest BCUT2D eigenvalue weighted by atomic mass is 9.90. The topological polar surface area (TPSA) is 122 Å². The van der Waals surface area contributed by atoms with Crippen LogP contribution in [0.25, 0.3) is 11.5 Å². The highest BCUT2D eigenvalue weighted by Gasteiger charge is 2.39. The molecule has 6 rings (SSSR count). The molecule has 1 saturated heterocycles. The van der Waals surface area contributed by atoms with Gasteiger partial charge < -0.3 is 28.4 Å². The van der Waals surface area contributed by atoms with E-state index in [1.165, 1.54) is 0 Å². The zero-order chi connectivity index (χ0) is 27.5. The lowest BCUT2D eigenvalue weighted by Crippen LogP contribution is -2.27. The van der Waals surface area contributed by atoms with Crippen molar-refractivity contribution in [2.24, 2.45) is 11.8 Å². The van der Waals surface area contributed by atoms with Gasteiger partial charge in [-0.15, -0.1) is 0 Å². The largest absolute Gasteiger partial charge is 0.485 e. The van der Waals surface area contributed by atoms with E-state index in [2.05, 4.69) is 25.0 Å². The molecule has 11 heteroatoms. The van der Waals surface area contributed by atoms with Crippen molar-refractivity contribution in [3.05, 3.63) is 71.8 Å². The minimum Gasteiger partial charge on any atom is -0.485 e. The third-order valence-electron chi connectivity index (χ3n) is 6.97. The van der Waals surface area contributed by atoms with Crippen LogP contribution in [-0.2, 0) is 22.6 Å². The fourth-order valence-electron chi connectivity index (χ4n) is 4.98. The molecule has 4 heterocycles. The highest BCUT2D eigenvalue weighted by molar-refractivity contribution is 5.74. The summed E-state index contributed by atoms with van der Waals surface area (Å²) in [5.74, 6) is 3.12. The zero-order valence-corrected chi connectivity index (χ0v) is 22.3. The van der Waals surface area contributed by atoms with Gasteiger partial charge in [0.15, 0.2) is 18.1 Å². The monoisotopic (exact) mass is 543 g/mol. The van der Waals surface area contributed by atoms with E-state index < -0.39 is 0 Å². The van der Waals surface area contributed by atoms with Gasteiger partial charge in [0.2, 0.25) is 18.6 Å². The predicted molar refractivity (Wildman–Crippen MR) is 143 cm³/mol. The summed E-state index contributed by atoms with van der Waals surface area (Å²) in [7, 11) is 0. The van der Waals surface area contributed by atoms with Gasteiger partial charge in [0.05, 0.1) is 12.5 Å². The van der Waals surface area contributed by atoms with Crippen molar-refractivity contribution in [2.75, 3.05) is 31.4 Å². The van der Waals surface area contributed by atoms with Gasteiger partial charge in [-0.05, 0) is 68.1 Å². The summed E-state index contributed by atoms with van der Waals surface area (Å²) in [6, 6.07) is 15.2. The maximum atomic E-state index is 12.8. The lowest BCUT2D eigenvalue weighted by Gasteiger charge is -2.17. The maximum Gasteiger partial charge on any atom is 0.311 e. The van der Waals surface area contributed by atoms with Crippen LogP contribution in [0.1, 0.15) is 24.0 Å². The van der Waals surface area contributed by atoms with Crippen LogP contribution in [0, 0.1) is 18.8 Å². The summed E-state index contributed by atoms with van der Waals surface area (Å²) in [6.45, 7) is 5.69. The number of carbonyl (C=O) groups excluding carboxylic acids is 1. The average molecular weight is 544 g/mol. The van der Waals surface area contributed by atoms with Crippen molar-refractivity contribution in [3.8, 4) is 28.7 Å². The quantitative estimate of drug-likeness (QED) is 0.285. The van der Waals surface area contributed by atoms with Gasteiger partial charge in [0.1, 0.15) is 5.75 Å². The number of hydrogen-bond acceptors (Lipinski definition) is 11. The van der Waals surface area contributed by atoms with E-state index in [-0.39, 0.29) is 31.2 Å². The van der Waals surface area contributed by atoms with Crippen molar-refractivity contribution >= 4 is 11.9 Å².